The molecule has 4 saturated carbocycles. The monoisotopic (exact) mass is 452 g/mol. The zero-order chi connectivity index (χ0) is 22.1. The lowest BCUT2D eigenvalue weighted by Gasteiger charge is -2.55. The number of hydrogen-bond acceptors (Lipinski definition) is 4. The molecule has 172 valence electrons. The molecule has 6 rings (SSSR count). The molecule has 0 radical (unpaired) electrons. The number of thioether (sulfide) groups is 1. The number of nitrogens with one attached hydrogen (secondary N) is 1. The molecule has 2 aromatic rings. The Morgan fingerprint density at radius 3 is 2.41 bits per heavy atom. The van der Waals surface area contributed by atoms with Gasteiger partial charge in [-0.25, -0.2) is 0 Å². The van der Waals surface area contributed by atoms with Gasteiger partial charge in [-0.3, -0.25) is 4.79 Å². The minimum absolute atomic E-state index is 0.109. The van der Waals surface area contributed by atoms with Crippen LogP contribution in [0.4, 0.5) is 0 Å². The second-order valence-electron chi connectivity index (χ2n) is 10.5. The van der Waals surface area contributed by atoms with E-state index in [1.54, 1.807) is 11.8 Å². The van der Waals surface area contributed by atoms with Crippen molar-refractivity contribution in [1.82, 2.24) is 20.1 Å². The van der Waals surface area contributed by atoms with Gasteiger partial charge in [-0.2, -0.15) is 0 Å². The van der Waals surface area contributed by atoms with Crippen LogP contribution in [0.1, 0.15) is 81.9 Å². The lowest BCUT2D eigenvalue weighted by Crippen LogP contribution is -2.53. The third kappa shape index (κ3) is 4.35. The van der Waals surface area contributed by atoms with Gasteiger partial charge >= 0.3 is 0 Å². The maximum absolute atomic E-state index is 13.4. The van der Waals surface area contributed by atoms with Crippen molar-refractivity contribution in [2.45, 2.75) is 88.7 Å². The normalized spacial score (nSPS) is 29.2. The molecule has 0 spiro atoms. The number of rotatable bonds is 9. The zero-order valence-electron chi connectivity index (χ0n) is 19.4. The first-order chi connectivity index (χ1) is 15.6. The second kappa shape index (κ2) is 9.20. The zero-order valence-corrected chi connectivity index (χ0v) is 20.2. The van der Waals surface area contributed by atoms with Crippen LogP contribution in [-0.4, -0.2) is 20.7 Å². The predicted octanol–water partition coefficient (Wildman–Crippen LogP) is 5.76. The highest BCUT2D eigenvalue weighted by molar-refractivity contribution is 7.99. The van der Waals surface area contributed by atoms with E-state index >= 15 is 0 Å². The first-order valence-corrected chi connectivity index (χ1v) is 13.4. The molecule has 4 aliphatic carbocycles. The molecule has 0 aliphatic heterocycles. The molecule has 1 atom stereocenters. The number of unbranched alkanes of at least 4 members (excludes halogenated alkanes) is 1. The maximum atomic E-state index is 13.4. The molecular formula is C26H36N4OS. The van der Waals surface area contributed by atoms with Crippen LogP contribution in [0.3, 0.4) is 0 Å². The fraction of sp³-hybridized carbons (Fsp3) is 0.654. The summed E-state index contributed by atoms with van der Waals surface area (Å²) in [6, 6.07) is 10.5. The van der Waals surface area contributed by atoms with Crippen molar-refractivity contribution in [1.29, 1.82) is 0 Å². The first kappa shape index (κ1) is 22.0. The molecule has 5 nitrogen and oxygen atoms in total. The number of aromatic nitrogens is 3. The highest BCUT2D eigenvalue weighted by Crippen LogP contribution is 2.60. The van der Waals surface area contributed by atoms with E-state index in [0.29, 0.717) is 11.8 Å². The minimum atomic E-state index is -0.109. The van der Waals surface area contributed by atoms with Gasteiger partial charge in [-0.15, -0.1) is 10.2 Å². The van der Waals surface area contributed by atoms with Gasteiger partial charge in [0.1, 0.15) is 0 Å². The van der Waals surface area contributed by atoms with Crippen LogP contribution >= 0.6 is 11.8 Å². The minimum Gasteiger partial charge on any atom is -0.348 e. The predicted molar refractivity (Wildman–Crippen MR) is 128 cm³/mol. The Bertz CT molecular complexity index is 905. The Labute approximate surface area is 196 Å². The highest BCUT2D eigenvalue weighted by atomic mass is 32.2. The number of carbonyl (C=O) groups excluding carboxylic acids is 1. The number of benzene rings is 1. The van der Waals surface area contributed by atoms with E-state index in [1.807, 2.05) is 0 Å². The maximum Gasteiger partial charge on any atom is 0.226 e. The molecule has 4 fully saturated rings. The van der Waals surface area contributed by atoms with Gasteiger partial charge < -0.3 is 9.88 Å². The third-order valence-electron chi connectivity index (χ3n) is 8.01. The Morgan fingerprint density at radius 2 is 1.78 bits per heavy atom. The second-order valence-corrected chi connectivity index (χ2v) is 11.8. The van der Waals surface area contributed by atoms with E-state index in [1.165, 1.54) is 24.8 Å². The van der Waals surface area contributed by atoms with Crippen LogP contribution in [0, 0.1) is 23.2 Å². The molecule has 1 N–H and O–H groups in total. The molecule has 4 aliphatic rings. The lowest BCUT2D eigenvalue weighted by atomic mass is 9.49. The van der Waals surface area contributed by atoms with Crippen LogP contribution < -0.4 is 5.32 Å². The van der Waals surface area contributed by atoms with Crippen molar-refractivity contribution in [2.24, 2.45) is 23.2 Å². The van der Waals surface area contributed by atoms with Gasteiger partial charge in [0.25, 0.3) is 0 Å². The van der Waals surface area contributed by atoms with E-state index in [9.17, 15) is 4.79 Å². The van der Waals surface area contributed by atoms with E-state index in [4.69, 9.17) is 0 Å². The van der Waals surface area contributed by atoms with Gasteiger partial charge in [-0.1, -0.05) is 55.4 Å². The van der Waals surface area contributed by atoms with Gasteiger partial charge in [0.05, 0.1) is 6.54 Å². The first-order valence-electron chi connectivity index (χ1n) is 12.5. The van der Waals surface area contributed by atoms with E-state index < -0.39 is 0 Å². The summed E-state index contributed by atoms with van der Waals surface area (Å²) in [4.78, 5) is 13.4. The Hall–Kier alpha value is -1.82. The van der Waals surface area contributed by atoms with Crippen molar-refractivity contribution in [2.75, 3.05) is 0 Å². The van der Waals surface area contributed by atoms with Crippen LogP contribution in [0.25, 0.3) is 0 Å². The van der Waals surface area contributed by atoms with E-state index in [2.05, 4.69) is 64.3 Å². The number of carbonyl (C=O) groups is 1. The molecule has 1 heterocycles. The van der Waals surface area contributed by atoms with Crippen molar-refractivity contribution in [3.8, 4) is 0 Å². The largest absolute Gasteiger partial charge is 0.348 e. The summed E-state index contributed by atoms with van der Waals surface area (Å²) in [5, 5.41) is 13.6. The summed E-state index contributed by atoms with van der Waals surface area (Å²) in [6.07, 6.45) is 9.58. The summed E-state index contributed by atoms with van der Waals surface area (Å²) in [5.41, 5.74) is 1.18. The van der Waals surface area contributed by atoms with Crippen LogP contribution in [0.15, 0.2) is 35.5 Å². The molecular weight excluding hydrogens is 416 g/mol. The van der Waals surface area contributed by atoms with Crippen molar-refractivity contribution >= 4 is 17.7 Å². The third-order valence-corrected chi connectivity index (χ3v) is 9.15. The fourth-order valence-electron chi connectivity index (χ4n) is 6.76. The molecule has 1 amide bonds. The Morgan fingerprint density at radius 1 is 1.12 bits per heavy atom. The Balaban J connectivity index is 1.27. The number of nitrogens with zero attached hydrogens (tertiary/aromatic N) is 3. The summed E-state index contributed by atoms with van der Waals surface area (Å²) < 4.78 is 2.23. The standard InChI is InChI=1S/C26H36N4OS/c1-3-4-10-30-23(28-29-25(30)32-18(2)22-8-6-5-7-9-22)17-27-24(31)26-14-19-11-20(15-26)13-21(12-19)16-26/h5-9,18-21H,3-4,10-17H2,1-2H3,(H,27,31). The fourth-order valence-corrected chi connectivity index (χ4v) is 7.78. The van der Waals surface area contributed by atoms with E-state index in [0.717, 1.165) is 67.4 Å². The summed E-state index contributed by atoms with van der Waals surface area (Å²) in [5.74, 6) is 3.50. The smallest absolute Gasteiger partial charge is 0.226 e. The van der Waals surface area contributed by atoms with Crippen molar-refractivity contribution in [3.63, 3.8) is 0 Å². The van der Waals surface area contributed by atoms with Crippen LogP contribution in [0.2, 0.25) is 0 Å². The summed E-state index contributed by atoms with van der Waals surface area (Å²) >= 11 is 1.75. The molecule has 32 heavy (non-hydrogen) atoms. The Kier molecular flexibility index (Phi) is 6.33. The van der Waals surface area contributed by atoms with Crippen LogP contribution in [0.5, 0.6) is 0 Å². The molecule has 1 aromatic heterocycles. The quantitative estimate of drug-likeness (QED) is 0.491. The SMILES string of the molecule is CCCCn1c(CNC(=O)C23CC4CC(CC(C4)C2)C3)nnc1SC(C)c1ccccc1. The molecule has 0 saturated heterocycles. The highest BCUT2D eigenvalue weighted by Gasteiger charge is 2.54. The topological polar surface area (TPSA) is 59.8 Å². The summed E-state index contributed by atoms with van der Waals surface area (Å²) in [7, 11) is 0. The molecule has 6 heteroatoms. The number of amides is 1. The molecule has 1 aromatic carbocycles. The van der Waals surface area contributed by atoms with Crippen molar-refractivity contribution in [3.05, 3.63) is 41.7 Å². The average molecular weight is 453 g/mol. The number of hydrogen-bond donors (Lipinski definition) is 1. The lowest BCUT2D eigenvalue weighted by molar-refractivity contribution is -0.146. The van der Waals surface area contributed by atoms with Gasteiger partial charge in [-0.05, 0) is 75.2 Å². The molecule has 1 unspecified atom stereocenters. The summed E-state index contributed by atoms with van der Waals surface area (Å²) in [6.45, 7) is 5.80. The van der Waals surface area contributed by atoms with Gasteiger partial charge in [0, 0.05) is 17.2 Å². The van der Waals surface area contributed by atoms with Gasteiger partial charge in [0.2, 0.25) is 5.91 Å². The molecule has 4 bridgehead atoms. The van der Waals surface area contributed by atoms with Gasteiger partial charge in [0.15, 0.2) is 11.0 Å². The van der Waals surface area contributed by atoms with Crippen molar-refractivity contribution < 1.29 is 4.79 Å². The van der Waals surface area contributed by atoms with Crippen LogP contribution in [-0.2, 0) is 17.9 Å². The average Bonchev–Trinajstić information content (AvgIpc) is 3.16. The van der Waals surface area contributed by atoms with E-state index in [-0.39, 0.29) is 11.3 Å².